The molecule has 0 saturated heterocycles. The molecule has 0 saturated carbocycles. The Morgan fingerprint density at radius 2 is 2.16 bits per heavy atom. The molecule has 0 spiro atoms. The second-order valence-corrected chi connectivity index (χ2v) is 4.31. The van der Waals surface area contributed by atoms with Crippen LogP contribution in [0.15, 0.2) is 36.5 Å². The number of aromatic nitrogens is 1. The van der Waals surface area contributed by atoms with Crippen LogP contribution in [0.4, 0.5) is 11.5 Å². The lowest BCUT2D eigenvalue weighted by Gasteiger charge is -2.11. The average molecular weight is 256 g/mol. The van der Waals surface area contributed by atoms with Gasteiger partial charge in [-0.25, -0.2) is 4.98 Å². The van der Waals surface area contributed by atoms with Crippen LogP contribution in [0.2, 0.25) is 0 Å². The third-order valence-corrected chi connectivity index (χ3v) is 2.82. The number of amides is 1. The number of anilines is 2. The second-order valence-electron chi connectivity index (χ2n) is 4.31. The van der Waals surface area contributed by atoms with Gasteiger partial charge >= 0.3 is 0 Å². The van der Waals surface area contributed by atoms with Gasteiger partial charge in [-0.05, 0) is 36.2 Å². The Bertz CT molecular complexity index is 610. The van der Waals surface area contributed by atoms with E-state index < -0.39 is 5.91 Å². The lowest BCUT2D eigenvalue weighted by Crippen LogP contribution is -2.17. The van der Waals surface area contributed by atoms with E-state index in [1.54, 1.807) is 12.3 Å². The van der Waals surface area contributed by atoms with Gasteiger partial charge in [-0.2, -0.15) is 0 Å². The summed E-state index contributed by atoms with van der Waals surface area (Å²) < 4.78 is 0. The first-order chi connectivity index (χ1) is 9.08. The molecule has 0 aliphatic rings. The molecule has 5 N–H and O–H groups in total. The summed E-state index contributed by atoms with van der Waals surface area (Å²) in [5.41, 5.74) is 14.0. The van der Waals surface area contributed by atoms with Crippen molar-refractivity contribution in [2.45, 2.75) is 13.5 Å². The van der Waals surface area contributed by atoms with Gasteiger partial charge in [0.05, 0.1) is 5.56 Å². The predicted molar refractivity (Wildman–Crippen MR) is 75.7 cm³/mol. The number of carbonyl (C=O) groups is 1. The van der Waals surface area contributed by atoms with Crippen LogP contribution in [0.1, 0.15) is 21.5 Å². The van der Waals surface area contributed by atoms with Gasteiger partial charge in [-0.15, -0.1) is 0 Å². The van der Waals surface area contributed by atoms with Crippen LogP contribution >= 0.6 is 0 Å². The maximum absolute atomic E-state index is 11.4. The highest BCUT2D eigenvalue weighted by Gasteiger charge is 2.12. The molecule has 0 bridgehead atoms. The Kier molecular flexibility index (Phi) is 3.66. The van der Waals surface area contributed by atoms with Crippen molar-refractivity contribution in [1.29, 1.82) is 0 Å². The van der Waals surface area contributed by atoms with Crippen LogP contribution < -0.4 is 16.8 Å². The first-order valence-corrected chi connectivity index (χ1v) is 5.91. The zero-order valence-corrected chi connectivity index (χ0v) is 10.7. The lowest BCUT2D eigenvalue weighted by molar-refractivity contribution is 0.1000. The van der Waals surface area contributed by atoms with Crippen molar-refractivity contribution in [1.82, 2.24) is 4.98 Å². The highest BCUT2D eigenvalue weighted by atomic mass is 16.1. The second kappa shape index (κ2) is 5.39. The summed E-state index contributed by atoms with van der Waals surface area (Å²) in [4.78, 5) is 15.6. The Labute approximate surface area is 111 Å². The third kappa shape index (κ3) is 3.01. The van der Waals surface area contributed by atoms with E-state index in [1.165, 1.54) is 0 Å². The van der Waals surface area contributed by atoms with Gasteiger partial charge in [-0.3, -0.25) is 4.79 Å². The molecule has 2 aromatic rings. The topological polar surface area (TPSA) is 94.0 Å². The highest BCUT2D eigenvalue weighted by Crippen LogP contribution is 2.17. The standard InChI is InChI=1S/C14H16N4O/c1-9-5-6-17-14(12(9)13(16)19)18-8-10-3-2-4-11(15)7-10/h2-7H,8,15H2,1H3,(H2,16,19)(H,17,18). The number of nitrogens with two attached hydrogens (primary N) is 2. The summed E-state index contributed by atoms with van der Waals surface area (Å²) in [5.74, 6) is 0.00981. The van der Waals surface area contributed by atoms with E-state index >= 15 is 0 Å². The smallest absolute Gasteiger partial charge is 0.252 e. The molecule has 5 heteroatoms. The molecular formula is C14H16N4O. The number of primary amides is 1. The Morgan fingerprint density at radius 1 is 1.37 bits per heavy atom. The number of rotatable bonds is 4. The Balaban J connectivity index is 2.20. The van der Waals surface area contributed by atoms with Gasteiger partial charge in [0.15, 0.2) is 0 Å². The van der Waals surface area contributed by atoms with E-state index in [1.807, 2.05) is 31.2 Å². The summed E-state index contributed by atoms with van der Waals surface area (Å²) in [6.07, 6.45) is 1.64. The van der Waals surface area contributed by atoms with Crippen molar-refractivity contribution in [3.05, 3.63) is 53.2 Å². The fraction of sp³-hybridized carbons (Fsp3) is 0.143. The molecule has 1 heterocycles. The molecule has 5 nitrogen and oxygen atoms in total. The summed E-state index contributed by atoms with van der Waals surface area (Å²) in [6, 6.07) is 9.27. The van der Waals surface area contributed by atoms with Crippen LogP contribution in [0.25, 0.3) is 0 Å². The zero-order valence-electron chi connectivity index (χ0n) is 10.7. The molecule has 0 unspecified atom stereocenters. The Morgan fingerprint density at radius 3 is 2.84 bits per heavy atom. The van der Waals surface area contributed by atoms with Gasteiger partial charge in [-0.1, -0.05) is 12.1 Å². The number of nitrogens with one attached hydrogen (secondary N) is 1. The molecule has 1 aromatic heterocycles. The maximum Gasteiger partial charge on any atom is 0.252 e. The van der Waals surface area contributed by atoms with Crippen LogP contribution in [-0.4, -0.2) is 10.9 Å². The first kappa shape index (κ1) is 12.9. The fourth-order valence-electron chi connectivity index (χ4n) is 1.89. The zero-order chi connectivity index (χ0) is 13.8. The molecular weight excluding hydrogens is 240 g/mol. The number of hydrogen-bond acceptors (Lipinski definition) is 4. The van der Waals surface area contributed by atoms with Crippen molar-refractivity contribution in [2.75, 3.05) is 11.1 Å². The number of carbonyl (C=O) groups excluding carboxylic acids is 1. The van der Waals surface area contributed by atoms with Crippen LogP contribution in [0, 0.1) is 6.92 Å². The van der Waals surface area contributed by atoms with E-state index in [-0.39, 0.29) is 0 Å². The molecule has 0 radical (unpaired) electrons. The molecule has 1 aromatic carbocycles. The minimum atomic E-state index is -0.485. The quantitative estimate of drug-likeness (QED) is 0.725. The monoisotopic (exact) mass is 256 g/mol. The van der Waals surface area contributed by atoms with E-state index in [4.69, 9.17) is 11.5 Å². The van der Waals surface area contributed by atoms with E-state index in [2.05, 4.69) is 10.3 Å². The molecule has 19 heavy (non-hydrogen) atoms. The molecule has 2 rings (SSSR count). The first-order valence-electron chi connectivity index (χ1n) is 5.91. The Hall–Kier alpha value is -2.56. The molecule has 0 fully saturated rings. The molecule has 1 amide bonds. The highest BCUT2D eigenvalue weighted by molar-refractivity contribution is 5.98. The molecule has 0 aliphatic carbocycles. The maximum atomic E-state index is 11.4. The van der Waals surface area contributed by atoms with Gasteiger partial charge in [0.25, 0.3) is 5.91 Å². The summed E-state index contributed by atoms with van der Waals surface area (Å²) in [6.45, 7) is 2.36. The van der Waals surface area contributed by atoms with Crippen molar-refractivity contribution in [2.24, 2.45) is 5.73 Å². The van der Waals surface area contributed by atoms with Crippen LogP contribution in [0.5, 0.6) is 0 Å². The number of benzene rings is 1. The summed E-state index contributed by atoms with van der Waals surface area (Å²) in [7, 11) is 0. The molecule has 0 atom stereocenters. The SMILES string of the molecule is Cc1ccnc(NCc2cccc(N)c2)c1C(N)=O. The summed E-state index contributed by atoms with van der Waals surface area (Å²) in [5, 5.41) is 3.11. The number of nitrogens with zero attached hydrogens (tertiary/aromatic N) is 1. The number of aryl methyl sites for hydroxylation is 1. The van der Waals surface area contributed by atoms with Crippen LogP contribution in [0.3, 0.4) is 0 Å². The van der Waals surface area contributed by atoms with Gasteiger partial charge in [0.2, 0.25) is 0 Å². The fourth-order valence-corrected chi connectivity index (χ4v) is 1.89. The lowest BCUT2D eigenvalue weighted by atomic mass is 10.1. The van der Waals surface area contributed by atoms with E-state index in [0.717, 1.165) is 11.1 Å². The predicted octanol–water partition coefficient (Wildman–Crippen LogP) is 1.68. The molecule has 0 aliphatic heterocycles. The largest absolute Gasteiger partial charge is 0.399 e. The minimum absolute atomic E-state index is 0.423. The van der Waals surface area contributed by atoms with Crippen molar-refractivity contribution in [3.63, 3.8) is 0 Å². The number of hydrogen-bond donors (Lipinski definition) is 3. The number of nitrogen functional groups attached to an aromatic ring is 1. The van der Waals surface area contributed by atoms with Crippen LogP contribution in [-0.2, 0) is 6.54 Å². The number of pyridine rings is 1. The van der Waals surface area contributed by atoms with Crippen molar-refractivity contribution < 1.29 is 4.79 Å². The average Bonchev–Trinajstić information content (AvgIpc) is 2.36. The van der Waals surface area contributed by atoms with E-state index in [0.29, 0.717) is 23.6 Å². The van der Waals surface area contributed by atoms with Gasteiger partial charge < -0.3 is 16.8 Å². The van der Waals surface area contributed by atoms with Crippen molar-refractivity contribution >= 4 is 17.4 Å². The van der Waals surface area contributed by atoms with Gasteiger partial charge in [0, 0.05) is 18.4 Å². The van der Waals surface area contributed by atoms with Gasteiger partial charge in [0.1, 0.15) is 5.82 Å². The van der Waals surface area contributed by atoms with E-state index in [9.17, 15) is 4.79 Å². The normalized spacial score (nSPS) is 10.2. The summed E-state index contributed by atoms with van der Waals surface area (Å²) >= 11 is 0. The van der Waals surface area contributed by atoms with Crippen molar-refractivity contribution in [3.8, 4) is 0 Å². The molecule has 98 valence electrons. The third-order valence-electron chi connectivity index (χ3n) is 2.82. The minimum Gasteiger partial charge on any atom is -0.399 e.